The van der Waals surface area contributed by atoms with Crippen LogP contribution in [-0.4, -0.2) is 4.98 Å². The number of benzene rings is 2. The average molecular weight is 314 g/mol. The molecule has 1 unspecified atom stereocenters. The Bertz CT molecular complexity index is 919. The molecule has 24 heavy (non-hydrogen) atoms. The zero-order chi connectivity index (χ0) is 16.4. The van der Waals surface area contributed by atoms with E-state index in [1.165, 1.54) is 22.1 Å². The normalized spacial score (nSPS) is 12.4. The fourth-order valence-electron chi connectivity index (χ4n) is 3.23. The number of fused-ring (bicyclic) bond motifs is 1. The molecule has 1 N–H and O–H groups in total. The third kappa shape index (κ3) is 2.71. The lowest BCUT2D eigenvalue weighted by molar-refractivity contribution is 0.310. The Hall–Kier alpha value is -2.87. The number of ether oxygens (including phenoxy) is 1. The SMILES string of the molecule is CC(c1cc[cH-]c1)c1c[nH]c2cccc(OCc3ccccc3)c12. The molecule has 1 heterocycles. The highest BCUT2D eigenvalue weighted by Gasteiger charge is 2.14. The molecule has 0 spiro atoms. The maximum absolute atomic E-state index is 6.15. The topological polar surface area (TPSA) is 25.0 Å². The van der Waals surface area contributed by atoms with E-state index in [-0.39, 0.29) is 0 Å². The van der Waals surface area contributed by atoms with Crippen LogP contribution in [0.2, 0.25) is 0 Å². The molecule has 0 saturated carbocycles. The van der Waals surface area contributed by atoms with E-state index in [1.807, 2.05) is 24.3 Å². The van der Waals surface area contributed by atoms with Crippen molar-refractivity contribution in [1.82, 2.24) is 4.98 Å². The summed E-state index contributed by atoms with van der Waals surface area (Å²) in [4.78, 5) is 3.39. The van der Waals surface area contributed by atoms with Crippen molar-refractivity contribution in [2.45, 2.75) is 19.4 Å². The molecule has 0 aliphatic rings. The maximum atomic E-state index is 6.15. The zero-order valence-electron chi connectivity index (χ0n) is 13.7. The van der Waals surface area contributed by atoms with Crippen LogP contribution in [0.1, 0.15) is 29.5 Å². The highest BCUT2D eigenvalue weighted by Crippen LogP contribution is 2.36. The summed E-state index contributed by atoms with van der Waals surface area (Å²) in [6.45, 7) is 2.82. The predicted octanol–water partition coefficient (Wildman–Crippen LogP) is 5.62. The lowest BCUT2D eigenvalue weighted by Gasteiger charge is -2.17. The van der Waals surface area contributed by atoms with Gasteiger partial charge in [-0.2, -0.15) is 23.8 Å². The van der Waals surface area contributed by atoms with Gasteiger partial charge in [-0.05, 0) is 29.2 Å². The van der Waals surface area contributed by atoms with Gasteiger partial charge >= 0.3 is 0 Å². The van der Waals surface area contributed by atoms with Crippen LogP contribution in [0.25, 0.3) is 10.9 Å². The highest BCUT2D eigenvalue weighted by atomic mass is 16.5. The van der Waals surface area contributed by atoms with Gasteiger partial charge in [-0.3, -0.25) is 0 Å². The molecule has 0 bridgehead atoms. The van der Waals surface area contributed by atoms with Crippen molar-refractivity contribution in [2.24, 2.45) is 0 Å². The Morgan fingerprint density at radius 2 is 1.92 bits per heavy atom. The minimum Gasteiger partial charge on any atom is -0.488 e. The molecule has 2 nitrogen and oxygen atoms in total. The number of hydrogen-bond acceptors (Lipinski definition) is 1. The molecular weight excluding hydrogens is 294 g/mol. The summed E-state index contributed by atoms with van der Waals surface area (Å²) in [6.07, 6.45) is 2.11. The molecule has 2 heteroatoms. The predicted molar refractivity (Wildman–Crippen MR) is 98.6 cm³/mol. The van der Waals surface area contributed by atoms with E-state index in [2.05, 4.69) is 66.6 Å². The van der Waals surface area contributed by atoms with E-state index in [4.69, 9.17) is 4.74 Å². The molecule has 4 aromatic rings. The molecule has 3 aromatic carbocycles. The first-order valence-corrected chi connectivity index (χ1v) is 8.31. The largest absolute Gasteiger partial charge is 0.488 e. The van der Waals surface area contributed by atoms with Gasteiger partial charge in [0.1, 0.15) is 12.4 Å². The molecule has 0 radical (unpaired) electrons. The van der Waals surface area contributed by atoms with Gasteiger partial charge in [-0.15, -0.1) is 0 Å². The first-order valence-electron chi connectivity index (χ1n) is 8.31. The van der Waals surface area contributed by atoms with E-state index >= 15 is 0 Å². The molecule has 1 atom stereocenters. The smallest absolute Gasteiger partial charge is 0.129 e. The number of hydrogen-bond donors (Lipinski definition) is 1. The van der Waals surface area contributed by atoms with E-state index in [0.29, 0.717) is 12.5 Å². The monoisotopic (exact) mass is 314 g/mol. The second kappa shape index (κ2) is 6.32. The van der Waals surface area contributed by atoms with Gasteiger partial charge < -0.3 is 9.72 Å². The van der Waals surface area contributed by atoms with Crippen LogP contribution in [0.3, 0.4) is 0 Å². The van der Waals surface area contributed by atoms with Crippen LogP contribution in [-0.2, 0) is 6.61 Å². The fraction of sp³-hybridized carbons (Fsp3) is 0.136. The summed E-state index contributed by atoms with van der Waals surface area (Å²) in [5.74, 6) is 1.27. The van der Waals surface area contributed by atoms with Crippen LogP contribution in [0, 0.1) is 0 Å². The molecule has 0 amide bonds. The average Bonchev–Trinajstić information content (AvgIpc) is 3.30. The lowest BCUT2D eigenvalue weighted by Crippen LogP contribution is -1.98. The van der Waals surface area contributed by atoms with Crippen LogP contribution in [0.4, 0.5) is 0 Å². The summed E-state index contributed by atoms with van der Waals surface area (Å²) in [7, 11) is 0. The van der Waals surface area contributed by atoms with E-state index in [0.717, 1.165) is 11.3 Å². The molecule has 4 rings (SSSR count). The second-order valence-electron chi connectivity index (χ2n) is 6.14. The third-order valence-electron chi connectivity index (χ3n) is 4.59. The van der Waals surface area contributed by atoms with E-state index in [9.17, 15) is 0 Å². The maximum Gasteiger partial charge on any atom is 0.129 e. The van der Waals surface area contributed by atoms with Crippen LogP contribution >= 0.6 is 0 Å². The third-order valence-corrected chi connectivity index (χ3v) is 4.59. The molecule has 0 saturated heterocycles. The van der Waals surface area contributed by atoms with Gasteiger partial charge in [0.25, 0.3) is 0 Å². The summed E-state index contributed by atoms with van der Waals surface area (Å²) in [6, 6.07) is 25.0. The number of rotatable bonds is 5. The lowest BCUT2D eigenvalue weighted by atomic mass is 9.94. The Kier molecular flexibility index (Phi) is 3.87. The Labute approximate surface area is 142 Å². The first kappa shape index (κ1) is 14.7. The number of aromatic nitrogens is 1. The molecule has 0 aliphatic carbocycles. The van der Waals surface area contributed by atoms with Gasteiger partial charge in [0.15, 0.2) is 0 Å². The Balaban J connectivity index is 1.69. The number of aromatic amines is 1. The summed E-state index contributed by atoms with van der Waals surface area (Å²) >= 11 is 0. The van der Waals surface area contributed by atoms with Crippen LogP contribution in [0.5, 0.6) is 5.75 Å². The minimum atomic E-state index is 0.329. The van der Waals surface area contributed by atoms with Gasteiger partial charge in [-0.1, -0.05) is 43.3 Å². The first-order chi connectivity index (χ1) is 11.8. The Morgan fingerprint density at radius 1 is 1.04 bits per heavy atom. The van der Waals surface area contributed by atoms with Crippen molar-refractivity contribution in [3.63, 3.8) is 0 Å². The Morgan fingerprint density at radius 3 is 2.71 bits per heavy atom. The van der Waals surface area contributed by atoms with Crippen LogP contribution in [0.15, 0.2) is 79.0 Å². The van der Waals surface area contributed by atoms with Crippen molar-refractivity contribution in [2.75, 3.05) is 0 Å². The summed E-state index contributed by atoms with van der Waals surface area (Å²) in [5, 5.41) is 1.18. The number of nitrogens with one attached hydrogen (secondary N) is 1. The molecular formula is C22H20NO-. The quantitative estimate of drug-likeness (QED) is 0.475. The van der Waals surface area contributed by atoms with Crippen molar-refractivity contribution in [1.29, 1.82) is 0 Å². The summed E-state index contributed by atoms with van der Waals surface area (Å²) < 4.78 is 6.15. The molecule has 0 aliphatic heterocycles. The van der Waals surface area contributed by atoms with E-state index in [1.54, 1.807) is 0 Å². The van der Waals surface area contributed by atoms with Crippen LogP contribution < -0.4 is 4.74 Å². The zero-order valence-corrected chi connectivity index (χ0v) is 13.7. The molecule has 1 aromatic heterocycles. The standard InChI is InChI=1S/C22H20NO/c1-16(18-10-5-6-11-18)19-14-23-20-12-7-13-21(22(19)20)24-15-17-8-3-2-4-9-17/h2-14,16,23H,15H2,1H3/q-1. The van der Waals surface area contributed by atoms with Gasteiger partial charge in [0.05, 0.1) is 0 Å². The van der Waals surface area contributed by atoms with Crippen molar-refractivity contribution in [3.05, 3.63) is 95.7 Å². The van der Waals surface area contributed by atoms with Gasteiger partial charge in [-0.25, -0.2) is 6.07 Å². The highest BCUT2D eigenvalue weighted by molar-refractivity contribution is 5.90. The minimum absolute atomic E-state index is 0.329. The molecule has 120 valence electrons. The van der Waals surface area contributed by atoms with Gasteiger partial charge in [0, 0.05) is 17.1 Å². The van der Waals surface area contributed by atoms with Crippen molar-refractivity contribution < 1.29 is 4.74 Å². The van der Waals surface area contributed by atoms with E-state index < -0.39 is 0 Å². The van der Waals surface area contributed by atoms with Crippen molar-refractivity contribution in [3.8, 4) is 5.75 Å². The fourth-order valence-corrected chi connectivity index (χ4v) is 3.23. The number of H-pyrrole nitrogens is 1. The molecule has 0 fully saturated rings. The summed E-state index contributed by atoms with van der Waals surface area (Å²) in [5.41, 5.74) is 4.90. The second-order valence-corrected chi connectivity index (χ2v) is 6.14. The van der Waals surface area contributed by atoms with Gasteiger partial charge in [0.2, 0.25) is 0 Å². The van der Waals surface area contributed by atoms with Crippen molar-refractivity contribution >= 4 is 10.9 Å².